The number of amides is 2. The molecular weight excluding hydrogens is 346 g/mol. The molecule has 1 aromatic rings. The quantitative estimate of drug-likeness (QED) is 0.740. The van der Waals surface area contributed by atoms with E-state index in [0.29, 0.717) is 24.5 Å². The fourth-order valence-corrected chi connectivity index (χ4v) is 3.82. The van der Waals surface area contributed by atoms with Crippen molar-refractivity contribution in [1.82, 2.24) is 9.21 Å². The molecule has 25 heavy (non-hydrogen) atoms. The molecule has 0 radical (unpaired) electrons. The number of rotatable bonds is 3. The first-order valence-electron chi connectivity index (χ1n) is 8.02. The summed E-state index contributed by atoms with van der Waals surface area (Å²) in [6.45, 7) is 2.94. The lowest BCUT2D eigenvalue weighted by atomic mass is 10.1. The largest absolute Gasteiger partial charge is 0.482 e. The molecule has 2 amide bonds. The molecule has 0 spiro atoms. The Morgan fingerprint density at radius 2 is 1.88 bits per heavy atom. The number of sulfonamides is 1. The van der Waals surface area contributed by atoms with Gasteiger partial charge >= 0.3 is 0 Å². The van der Waals surface area contributed by atoms with E-state index in [2.05, 4.69) is 0 Å². The summed E-state index contributed by atoms with van der Waals surface area (Å²) in [5.74, 6) is 0.122. The molecule has 0 bridgehead atoms. The maximum absolute atomic E-state index is 12.6. The predicted molar refractivity (Wildman–Crippen MR) is 92.0 cm³/mol. The van der Waals surface area contributed by atoms with E-state index in [1.165, 1.54) is 9.21 Å². The molecule has 0 N–H and O–H groups in total. The first-order chi connectivity index (χ1) is 11.8. The van der Waals surface area contributed by atoms with Crippen molar-refractivity contribution in [3.63, 3.8) is 0 Å². The molecule has 2 heterocycles. The van der Waals surface area contributed by atoms with Crippen molar-refractivity contribution >= 4 is 27.5 Å². The van der Waals surface area contributed by atoms with Gasteiger partial charge in [0.2, 0.25) is 15.9 Å². The molecule has 3 rings (SSSR count). The number of ether oxygens (including phenoxy) is 1. The molecule has 0 unspecified atom stereocenters. The van der Waals surface area contributed by atoms with Gasteiger partial charge in [0.15, 0.2) is 6.61 Å². The Kier molecular flexibility index (Phi) is 4.70. The van der Waals surface area contributed by atoms with E-state index in [1.54, 1.807) is 11.0 Å². The van der Waals surface area contributed by atoms with E-state index in [-0.39, 0.29) is 38.1 Å². The fourth-order valence-electron chi connectivity index (χ4n) is 2.99. The molecule has 2 aliphatic heterocycles. The van der Waals surface area contributed by atoms with Crippen LogP contribution in [0.5, 0.6) is 5.75 Å². The SMILES string of the molecule is Cc1ccc2c(c1)N(CC(=O)N1CCN(S(C)(=O)=O)CC1)C(=O)CO2. The van der Waals surface area contributed by atoms with Crippen molar-refractivity contribution in [3.8, 4) is 5.75 Å². The van der Waals surface area contributed by atoms with Crippen LogP contribution >= 0.6 is 0 Å². The first-order valence-corrected chi connectivity index (χ1v) is 9.87. The van der Waals surface area contributed by atoms with Gasteiger partial charge in [0.05, 0.1) is 11.9 Å². The van der Waals surface area contributed by atoms with Gasteiger partial charge in [0.25, 0.3) is 5.91 Å². The van der Waals surface area contributed by atoms with Crippen LogP contribution in [-0.4, -0.2) is 75.0 Å². The van der Waals surface area contributed by atoms with Gasteiger partial charge in [0, 0.05) is 26.2 Å². The summed E-state index contributed by atoms with van der Waals surface area (Å²) in [5.41, 5.74) is 1.57. The summed E-state index contributed by atoms with van der Waals surface area (Å²) in [6.07, 6.45) is 1.16. The highest BCUT2D eigenvalue weighted by molar-refractivity contribution is 7.88. The molecule has 136 valence electrons. The maximum Gasteiger partial charge on any atom is 0.265 e. The van der Waals surface area contributed by atoms with Crippen LogP contribution in [0.3, 0.4) is 0 Å². The summed E-state index contributed by atoms with van der Waals surface area (Å²) >= 11 is 0. The Morgan fingerprint density at radius 3 is 2.52 bits per heavy atom. The van der Waals surface area contributed by atoms with Crippen molar-refractivity contribution in [1.29, 1.82) is 0 Å². The second-order valence-electron chi connectivity index (χ2n) is 6.28. The number of piperazine rings is 1. The van der Waals surface area contributed by atoms with Crippen LogP contribution in [0.1, 0.15) is 5.56 Å². The molecule has 2 aliphatic rings. The maximum atomic E-state index is 12.6. The highest BCUT2D eigenvalue weighted by Gasteiger charge is 2.31. The van der Waals surface area contributed by atoms with Crippen molar-refractivity contribution in [2.75, 3.05) is 50.5 Å². The summed E-state index contributed by atoms with van der Waals surface area (Å²) in [7, 11) is -3.24. The molecule has 0 saturated carbocycles. The summed E-state index contributed by atoms with van der Waals surface area (Å²) in [6, 6.07) is 5.50. The minimum atomic E-state index is -3.24. The zero-order valence-electron chi connectivity index (χ0n) is 14.3. The van der Waals surface area contributed by atoms with Crippen molar-refractivity contribution < 1.29 is 22.7 Å². The minimum Gasteiger partial charge on any atom is -0.482 e. The molecule has 0 aromatic heterocycles. The van der Waals surface area contributed by atoms with Crippen LogP contribution < -0.4 is 9.64 Å². The molecule has 1 fully saturated rings. The first kappa shape index (κ1) is 17.7. The van der Waals surface area contributed by atoms with Gasteiger partial charge in [-0.1, -0.05) is 6.07 Å². The Balaban J connectivity index is 1.70. The lowest BCUT2D eigenvalue weighted by molar-refractivity contribution is -0.133. The van der Waals surface area contributed by atoms with E-state index in [0.717, 1.165) is 11.8 Å². The van der Waals surface area contributed by atoms with Gasteiger partial charge in [-0.05, 0) is 24.6 Å². The zero-order valence-corrected chi connectivity index (χ0v) is 15.1. The predicted octanol–water partition coefficient (Wildman–Crippen LogP) is -0.176. The van der Waals surface area contributed by atoms with Crippen LogP contribution in [-0.2, 0) is 19.6 Å². The molecule has 0 atom stereocenters. The molecule has 9 heteroatoms. The molecule has 0 aliphatic carbocycles. The third-order valence-corrected chi connectivity index (χ3v) is 5.71. The van der Waals surface area contributed by atoms with E-state index >= 15 is 0 Å². The Hall–Kier alpha value is -2.13. The average molecular weight is 367 g/mol. The van der Waals surface area contributed by atoms with Crippen LogP contribution in [0.15, 0.2) is 18.2 Å². The number of fused-ring (bicyclic) bond motifs is 1. The number of hydrogen-bond donors (Lipinski definition) is 0. The number of aryl methyl sites for hydroxylation is 1. The van der Waals surface area contributed by atoms with Crippen molar-refractivity contribution in [2.24, 2.45) is 0 Å². The number of carbonyl (C=O) groups is 2. The Bertz CT molecular complexity index is 800. The van der Waals surface area contributed by atoms with Crippen molar-refractivity contribution in [2.45, 2.75) is 6.92 Å². The monoisotopic (exact) mass is 367 g/mol. The standard InChI is InChI=1S/C16H21N3O5S/c1-12-3-4-14-13(9-12)19(16(21)11-24-14)10-15(20)17-5-7-18(8-6-17)25(2,22)23/h3-4,9H,5-8,10-11H2,1-2H3. The third kappa shape index (κ3) is 3.77. The number of hydrogen-bond acceptors (Lipinski definition) is 5. The number of benzene rings is 1. The zero-order chi connectivity index (χ0) is 18.2. The molecular formula is C16H21N3O5S. The summed E-state index contributed by atoms with van der Waals surface area (Å²) < 4.78 is 29.9. The molecule has 8 nitrogen and oxygen atoms in total. The van der Waals surface area contributed by atoms with E-state index < -0.39 is 10.0 Å². The highest BCUT2D eigenvalue weighted by Crippen LogP contribution is 2.32. The number of anilines is 1. The Labute approximate surface area is 147 Å². The molecule has 1 aromatic carbocycles. The fraction of sp³-hybridized carbons (Fsp3) is 0.500. The minimum absolute atomic E-state index is 0.0719. The second kappa shape index (κ2) is 6.64. The second-order valence-corrected chi connectivity index (χ2v) is 8.27. The Morgan fingerprint density at radius 1 is 1.20 bits per heavy atom. The third-order valence-electron chi connectivity index (χ3n) is 4.41. The highest BCUT2D eigenvalue weighted by atomic mass is 32.2. The van der Waals surface area contributed by atoms with Crippen LogP contribution in [0.25, 0.3) is 0 Å². The smallest absolute Gasteiger partial charge is 0.265 e. The normalized spacial score (nSPS) is 18.7. The topological polar surface area (TPSA) is 87.2 Å². The van der Waals surface area contributed by atoms with Gasteiger partial charge < -0.3 is 9.64 Å². The molecule has 1 saturated heterocycles. The van der Waals surface area contributed by atoms with E-state index in [9.17, 15) is 18.0 Å². The van der Waals surface area contributed by atoms with Gasteiger partial charge in [-0.15, -0.1) is 0 Å². The van der Waals surface area contributed by atoms with Gasteiger partial charge in [-0.3, -0.25) is 14.5 Å². The summed E-state index contributed by atoms with van der Waals surface area (Å²) in [4.78, 5) is 27.8. The van der Waals surface area contributed by atoms with Gasteiger partial charge in [-0.2, -0.15) is 4.31 Å². The average Bonchev–Trinajstić information content (AvgIpc) is 2.57. The van der Waals surface area contributed by atoms with Gasteiger partial charge in [-0.25, -0.2) is 8.42 Å². The lowest BCUT2D eigenvalue weighted by Crippen LogP contribution is -2.53. The van der Waals surface area contributed by atoms with Gasteiger partial charge in [0.1, 0.15) is 12.3 Å². The van der Waals surface area contributed by atoms with Crippen molar-refractivity contribution in [3.05, 3.63) is 23.8 Å². The van der Waals surface area contributed by atoms with Crippen LogP contribution in [0.2, 0.25) is 0 Å². The summed E-state index contributed by atoms with van der Waals surface area (Å²) in [5, 5.41) is 0. The lowest BCUT2D eigenvalue weighted by Gasteiger charge is -2.35. The number of carbonyl (C=O) groups excluding carboxylic acids is 2. The van der Waals surface area contributed by atoms with E-state index in [4.69, 9.17) is 4.74 Å². The van der Waals surface area contributed by atoms with E-state index in [1.807, 2.05) is 19.1 Å². The van der Waals surface area contributed by atoms with Crippen LogP contribution in [0, 0.1) is 6.92 Å². The van der Waals surface area contributed by atoms with Crippen LogP contribution in [0.4, 0.5) is 5.69 Å². The number of nitrogens with zero attached hydrogens (tertiary/aromatic N) is 3.